The first-order chi connectivity index (χ1) is 20.1. The second-order valence-corrected chi connectivity index (χ2v) is 10.7. The van der Waals surface area contributed by atoms with Gasteiger partial charge >= 0.3 is 19.8 Å². The Morgan fingerprint density at radius 1 is 0.786 bits per heavy atom. The molecule has 0 saturated heterocycles. The largest absolute Gasteiger partial charge is 0.480 e. The second kappa shape index (κ2) is 25.9. The summed E-state index contributed by atoms with van der Waals surface area (Å²) in [5.41, 5.74) is 0. The van der Waals surface area contributed by atoms with E-state index in [0.29, 0.717) is 19.3 Å². The molecule has 0 aliphatic heterocycles. The zero-order valence-electron chi connectivity index (χ0n) is 24.8. The Morgan fingerprint density at radius 2 is 1.31 bits per heavy atom. The number of hydrogen-bond acceptors (Lipinski definition) is 8. The summed E-state index contributed by atoms with van der Waals surface area (Å²) in [6.45, 7) is 1.94. The molecule has 0 aliphatic carbocycles. The molecule has 12 heteroatoms. The number of unbranched alkanes of at least 4 members (excludes halogenated alkanes) is 1. The highest BCUT2D eigenvalue weighted by molar-refractivity contribution is 7.47. The molecule has 11 nitrogen and oxygen atoms in total. The van der Waals surface area contributed by atoms with Crippen LogP contribution in [-0.2, 0) is 32.7 Å². The topological polar surface area (TPSA) is 169 Å². The molecule has 0 aromatic carbocycles. The van der Waals surface area contributed by atoms with E-state index in [9.17, 15) is 34.1 Å². The number of carbonyl (C=O) groups excluding carboxylic acids is 2. The molecular weight excluding hydrogens is 565 g/mol. The van der Waals surface area contributed by atoms with E-state index in [4.69, 9.17) is 4.74 Å². The lowest BCUT2D eigenvalue weighted by Gasteiger charge is -2.18. The molecule has 42 heavy (non-hydrogen) atoms. The number of carbonyl (C=O) groups is 3. The van der Waals surface area contributed by atoms with Crippen LogP contribution in [-0.4, -0.2) is 64.9 Å². The van der Waals surface area contributed by atoms with Gasteiger partial charge in [-0.1, -0.05) is 74.6 Å². The Kier molecular flexibility index (Phi) is 24.1. The number of carboxylic acids is 1. The van der Waals surface area contributed by atoms with Crippen molar-refractivity contribution in [3.05, 3.63) is 60.8 Å². The molecule has 0 aliphatic rings. The number of allylic oxidation sites excluding steroid dienone is 10. The van der Waals surface area contributed by atoms with Crippen LogP contribution < -0.4 is 5.32 Å². The van der Waals surface area contributed by atoms with Crippen LogP contribution in [0.1, 0.15) is 78.1 Å². The summed E-state index contributed by atoms with van der Waals surface area (Å²) < 4.78 is 26.0. The van der Waals surface area contributed by atoms with Crippen LogP contribution >= 0.6 is 7.82 Å². The van der Waals surface area contributed by atoms with E-state index in [1.54, 1.807) is 6.92 Å². The van der Waals surface area contributed by atoms with Gasteiger partial charge in [0.2, 0.25) is 5.91 Å². The van der Waals surface area contributed by atoms with Gasteiger partial charge in [0.25, 0.3) is 0 Å². The van der Waals surface area contributed by atoms with E-state index in [-0.39, 0.29) is 12.8 Å². The van der Waals surface area contributed by atoms with Gasteiger partial charge in [-0.3, -0.25) is 18.6 Å². The van der Waals surface area contributed by atoms with Gasteiger partial charge in [-0.05, 0) is 51.4 Å². The normalized spacial score (nSPS) is 15.1. The fourth-order valence-corrected chi connectivity index (χ4v) is 3.86. The highest BCUT2D eigenvalue weighted by atomic mass is 31.2. The summed E-state index contributed by atoms with van der Waals surface area (Å²) in [6.07, 6.45) is 26.1. The number of hydrogen-bond donors (Lipinski definition) is 4. The first-order valence-corrected chi connectivity index (χ1v) is 15.8. The number of aliphatic carboxylic acids is 1. The van der Waals surface area contributed by atoms with E-state index >= 15 is 0 Å². The Morgan fingerprint density at radius 3 is 1.83 bits per heavy atom. The number of aliphatic hydroxyl groups excluding tert-OH is 1. The highest BCUT2D eigenvalue weighted by Crippen LogP contribution is 2.43. The molecule has 3 unspecified atom stereocenters. The summed E-state index contributed by atoms with van der Waals surface area (Å²) in [4.78, 5) is 44.6. The smallest absolute Gasteiger partial charge is 0.472 e. The fourth-order valence-electron chi connectivity index (χ4n) is 3.09. The molecule has 0 aromatic heterocycles. The van der Waals surface area contributed by atoms with Crippen LogP contribution in [0.25, 0.3) is 0 Å². The zero-order chi connectivity index (χ0) is 31.5. The minimum Gasteiger partial charge on any atom is -0.480 e. The SMILES string of the molecule is CC/C=C\C/C=C\C/C=C\C/C=C\C/C=C\CCCC(=O)NC(COP(=O)(O)OCC(O)COC(=O)CCC)C(=O)O. The summed E-state index contributed by atoms with van der Waals surface area (Å²) >= 11 is 0. The quantitative estimate of drug-likeness (QED) is 0.0458. The van der Waals surface area contributed by atoms with Crippen LogP contribution in [0.4, 0.5) is 0 Å². The van der Waals surface area contributed by atoms with Gasteiger partial charge in [0.1, 0.15) is 12.7 Å². The summed E-state index contributed by atoms with van der Waals surface area (Å²) in [5, 5.41) is 21.2. The van der Waals surface area contributed by atoms with Crippen molar-refractivity contribution in [2.24, 2.45) is 0 Å². The third-order valence-corrected chi connectivity index (χ3v) is 6.24. The maximum Gasteiger partial charge on any atom is 0.472 e. The second-order valence-electron chi connectivity index (χ2n) is 9.21. The number of rotatable bonds is 25. The third-order valence-electron chi connectivity index (χ3n) is 5.29. The van der Waals surface area contributed by atoms with E-state index < -0.39 is 57.6 Å². The average Bonchev–Trinajstić information content (AvgIpc) is 2.94. The molecule has 0 radical (unpaired) electrons. The molecule has 3 atom stereocenters. The predicted octanol–water partition coefficient (Wildman–Crippen LogP) is 5.32. The molecule has 0 heterocycles. The molecule has 1 amide bonds. The summed E-state index contributed by atoms with van der Waals surface area (Å²) in [7, 11) is -4.74. The van der Waals surface area contributed by atoms with E-state index in [0.717, 1.165) is 32.1 Å². The molecule has 0 aromatic rings. The lowest BCUT2D eigenvalue weighted by molar-refractivity contribution is -0.147. The van der Waals surface area contributed by atoms with Crippen LogP contribution in [0.5, 0.6) is 0 Å². The molecule has 0 fully saturated rings. The number of esters is 1. The van der Waals surface area contributed by atoms with E-state index in [2.05, 4.69) is 69.9 Å². The number of amides is 1. The molecule has 0 bridgehead atoms. The summed E-state index contributed by atoms with van der Waals surface area (Å²) in [5.74, 6) is -2.53. The van der Waals surface area contributed by atoms with Crippen LogP contribution in [0.2, 0.25) is 0 Å². The first kappa shape index (κ1) is 39.2. The first-order valence-electron chi connectivity index (χ1n) is 14.3. The van der Waals surface area contributed by atoms with Crippen molar-refractivity contribution in [2.75, 3.05) is 19.8 Å². The maximum atomic E-state index is 12.1. The lowest BCUT2D eigenvalue weighted by Crippen LogP contribution is -2.43. The van der Waals surface area contributed by atoms with Crippen molar-refractivity contribution in [3.63, 3.8) is 0 Å². The Labute approximate surface area is 249 Å². The van der Waals surface area contributed by atoms with Crippen molar-refractivity contribution in [1.29, 1.82) is 0 Å². The van der Waals surface area contributed by atoms with Crippen LogP contribution in [0, 0.1) is 0 Å². The minimum atomic E-state index is -4.74. The molecule has 238 valence electrons. The molecule has 0 saturated carbocycles. The van der Waals surface area contributed by atoms with Crippen molar-refractivity contribution in [1.82, 2.24) is 5.32 Å². The highest BCUT2D eigenvalue weighted by Gasteiger charge is 2.28. The monoisotopic (exact) mass is 613 g/mol. The van der Waals surface area contributed by atoms with Crippen LogP contribution in [0.3, 0.4) is 0 Å². The lowest BCUT2D eigenvalue weighted by atomic mass is 10.2. The molecular formula is C30H48NO10P. The Bertz CT molecular complexity index is 958. The zero-order valence-corrected chi connectivity index (χ0v) is 25.7. The maximum absolute atomic E-state index is 12.1. The van der Waals surface area contributed by atoms with Crippen molar-refractivity contribution >= 4 is 25.7 Å². The van der Waals surface area contributed by atoms with Gasteiger partial charge in [-0.2, -0.15) is 0 Å². The minimum absolute atomic E-state index is 0.0638. The fraction of sp³-hybridized carbons (Fsp3) is 0.567. The third kappa shape index (κ3) is 24.9. The van der Waals surface area contributed by atoms with Gasteiger partial charge in [-0.15, -0.1) is 0 Å². The van der Waals surface area contributed by atoms with Crippen molar-refractivity contribution < 1.29 is 47.8 Å². The van der Waals surface area contributed by atoms with Gasteiger partial charge in [0.15, 0.2) is 6.04 Å². The standard InChI is InChI=1S/C30H48NO10P/c1-3-5-6-7-8-9-10-11-12-13-14-15-16-17-18-19-20-22-28(33)31-27(30(35)36)25-41-42(37,38)40-24-26(32)23-39-29(34)21-4-2/h5-6,8-9,11-12,14-15,17-18,26-27,32H,3-4,7,10,13,16,19-25H2,1-2H3,(H,31,33)(H,35,36)(H,37,38)/b6-5-,9-8-,12-11-,15-14-,18-17-. The Balaban J connectivity index is 4.15. The van der Waals surface area contributed by atoms with Crippen molar-refractivity contribution in [3.8, 4) is 0 Å². The van der Waals surface area contributed by atoms with E-state index in [1.807, 2.05) is 12.2 Å². The Hall–Kier alpha value is -2.82. The number of aliphatic hydroxyl groups is 1. The van der Waals surface area contributed by atoms with Gasteiger partial charge in [0, 0.05) is 12.8 Å². The average molecular weight is 614 g/mol. The molecule has 0 spiro atoms. The number of carboxylic acid groups (broad SMARTS) is 1. The molecule has 0 rings (SSSR count). The summed E-state index contributed by atoms with van der Waals surface area (Å²) in [6, 6.07) is -1.57. The number of nitrogens with one attached hydrogen (secondary N) is 1. The number of phosphoric ester groups is 1. The van der Waals surface area contributed by atoms with Crippen LogP contribution in [0.15, 0.2) is 60.8 Å². The van der Waals surface area contributed by atoms with Gasteiger partial charge < -0.3 is 25.2 Å². The predicted molar refractivity (Wildman–Crippen MR) is 161 cm³/mol. The number of phosphoric acid groups is 1. The van der Waals surface area contributed by atoms with E-state index in [1.165, 1.54) is 0 Å². The van der Waals surface area contributed by atoms with Gasteiger partial charge in [0.05, 0.1) is 13.2 Å². The molecule has 4 N–H and O–H groups in total. The van der Waals surface area contributed by atoms with Crippen molar-refractivity contribution in [2.45, 2.75) is 90.2 Å². The van der Waals surface area contributed by atoms with Gasteiger partial charge in [-0.25, -0.2) is 9.36 Å². The number of ether oxygens (including phenoxy) is 1.